The molecule has 0 radical (unpaired) electrons. The van der Waals surface area contributed by atoms with Crippen molar-refractivity contribution < 1.29 is 28.1 Å². The molecule has 2 aliphatic heterocycles. The van der Waals surface area contributed by atoms with Crippen LogP contribution < -0.4 is 0 Å². The number of benzene rings is 1. The van der Waals surface area contributed by atoms with Crippen molar-refractivity contribution in [3.8, 4) is 6.07 Å². The first-order valence-corrected chi connectivity index (χ1v) is 12.8. The minimum Gasteiger partial charge on any atom is -0.388 e. The number of alkyl halides is 3. The van der Waals surface area contributed by atoms with Crippen LogP contribution in [0.25, 0.3) is 5.57 Å². The fraction of sp³-hybridized carbons (Fsp3) is 0.552. The number of ether oxygens (including phenoxy) is 1. The summed E-state index contributed by atoms with van der Waals surface area (Å²) in [4.78, 5) is 1.85. The molecule has 1 aromatic rings. The Bertz CT molecular complexity index is 1290. The van der Waals surface area contributed by atoms with Gasteiger partial charge < -0.3 is 19.8 Å². The number of hydrogen-bond acceptors (Lipinski definition) is 5. The number of rotatable bonds is 2. The molecule has 196 valence electrons. The predicted octanol–water partition coefficient (Wildman–Crippen LogP) is 4.51. The van der Waals surface area contributed by atoms with Crippen LogP contribution in [-0.4, -0.2) is 64.8 Å². The summed E-state index contributed by atoms with van der Waals surface area (Å²) in [6.45, 7) is 1.92. The van der Waals surface area contributed by atoms with Crippen molar-refractivity contribution in [2.24, 2.45) is 11.3 Å². The molecule has 2 fully saturated rings. The Morgan fingerprint density at radius 2 is 1.84 bits per heavy atom. The van der Waals surface area contributed by atoms with Gasteiger partial charge in [0.05, 0.1) is 28.9 Å². The van der Waals surface area contributed by atoms with Gasteiger partial charge in [-0.3, -0.25) is 0 Å². The van der Waals surface area contributed by atoms with Gasteiger partial charge in [-0.25, -0.2) is 0 Å². The second kappa shape index (κ2) is 7.79. The maximum Gasteiger partial charge on any atom is 0.413 e. The molecule has 2 spiro atoms. The lowest BCUT2D eigenvalue weighted by atomic mass is 9.56. The smallest absolute Gasteiger partial charge is 0.388 e. The van der Waals surface area contributed by atoms with Gasteiger partial charge in [0.1, 0.15) is 6.10 Å². The van der Waals surface area contributed by atoms with Crippen LogP contribution in [0.3, 0.4) is 0 Å². The minimum atomic E-state index is -4.57. The minimum absolute atomic E-state index is 0.134. The summed E-state index contributed by atoms with van der Waals surface area (Å²) in [5, 5.41) is 31.1. The molecule has 0 aromatic heterocycles. The molecule has 37 heavy (non-hydrogen) atoms. The van der Waals surface area contributed by atoms with E-state index in [2.05, 4.69) is 6.07 Å². The highest BCUT2D eigenvalue weighted by molar-refractivity contribution is 5.75. The SMILES string of the molecule is CN(C)[C@H]1C[C@@]23CC[C@@]4(O2)C(=C(C(F)(F)F)C[C@]2(C)C(c5ccc(C#N)cc5)=CCC24)C=C3[C@@H](O)[C@@H]1O. The van der Waals surface area contributed by atoms with Crippen molar-refractivity contribution in [2.45, 2.75) is 74.7 Å². The topological polar surface area (TPSA) is 76.7 Å². The lowest BCUT2D eigenvalue weighted by Gasteiger charge is -2.57. The molecule has 0 amide bonds. The number of nitriles is 1. The molecule has 7 atom stereocenters. The standard InChI is InChI=1S/C29H31F3N2O3/c1-26-13-21(29(30,31)32)19-12-20-24(35)25(36)22(34(2)3)14-27(20)10-11-28(19,37-27)23(26)9-8-18(26)17-6-4-16(15-33)5-7-17/h4-8,12,22-25,35-36H,9-11,13-14H2,1-3H3/t22-,23?,24+,25+,26+,27+,28+/m0/s1. The molecule has 8 heteroatoms. The van der Waals surface area contributed by atoms with Crippen LogP contribution in [-0.2, 0) is 4.74 Å². The highest BCUT2D eigenvalue weighted by atomic mass is 19.4. The van der Waals surface area contributed by atoms with Gasteiger partial charge in [0.2, 0.25) is 0 Å². The molecule has 5 aliphatic rings. The molecule has 5 nitrogen and oxygen atoms in total. The first kappa shape index (κ1) is 24.9. The van der Waals surface area contributed by atoms with Crippen molar-refractivity contribution in [3.63, 3.8) is 0 Å². The highest BCUT2D eigenvalue weighted by Gasteiger charge is 2.69. The molecule has 3 aliphatic carbocycles. The van der Waals surface area contributed by atoms with Crippen molar-refractivity contribution >= 4 is 5.57 Å². The van der Waals surface area contributed by atoms with Gasteiger partial charge in [-0.05, 0) is 80.6 Å². The number of allylic oxidation sites excluding steroid dienone is 3. The summed E-state index contributed by atoms with van der Waals surface area (Å²) in [6, 6.07) is 8.76. The number of halogens is 3. The third-order valence-corrected chi connectivity index (χ3v) is 9.84. The maximum atomic E-state index is 14.7. The van der Waals surface area contributed by atoms with E-state index in [0.29, 0.717) is 36.8 Å². The van der Waals surface area contributed by atoms with E-state index in [1.165, 1.54) is 0 Å². The second-order valence-electron chi connectivity index (χ2n) is 11.8. The Morgan fingerprint density at radius 1 is 1.14 bits per heavy atom. The molecule has 2 heterocycles. The Kier molecular flexibility index (Phi) is 5.24. The summed E-state index contributed by atoms with van der Waals surface area (Å²) in [5.41, 5.74) is -0.729. The molecule has 1 unspecified atom stereocenters. The Labute approximate surface area is 214 Å². The zero-order chi connectivity index (χ0) is 26.5. The molecule has 2 bridgehead atoms. The number of hydrogen-bond donors (Lipinski definition) is 2. The number of nitrogens with zero attached hydrogens (tertiary/aromatic N) is 2. The summed E-state index contributed by atoms with van der Waals surface area (Å²) >= 11 is 0. The lowest BCUT2D eigenvalue weighted by molar-refractivity contribution is -0.170. The number of fused-ring (bicyclic) bond motifs is 1. The fourth-order valence-corrected chi connectivity index (χ4v) is 8.10. The van der Waals surface area contributed by atoms with E-state index in [1.54, 1.807) is 18.2 Å². The van der Waals surface area contributed by atoms with Crippen molar-refractivity contribution in [1.82, 2.24) is 4.90 Å². The average Bonchev–Trinajstić information content (AvgIpc) is 3.36. The molecule has 1 saturated carbocycles. The van der Waals surface area contributed by atoms with Crippen molar-refractivity contribution in [1.29, 1.82) is 5.26 Å². The van der Waals surface area contributed by atoms with Crippen LogP contribution in [0.5, 0.6) is 0 Å². The zero-order valence-corrected chi connectivity index (χ0v) is 21.1. The van der Waals surface area contributed by atoms with E-state index in [9.17, 15) is 28.6 Å². The van der Waals surface area contributed by atoms with E-state index < -0.39 is 40.6 Å². The van der Waals surface area contributed by atoms with Gasteiger partial charge >= 0.3 is 6.18 Å². The van der Waals surface area contributed by atoms with E-state index >= 15 is 0 Å². The number of aliphatic hydroxyl groups excluding tert-OH is 2. The van der Waals surface area contributed by atoms with Gasteiger partial charge in [0.25, 0.3) is 0 Å². The second-order valence-corrected chi connectivity index (χ2v) is 11.8. The summed E-state index contributed by atoms with van der Waals surface area (Å²) in [5.74, 6) is -0.203. The first-order chi connectivity index (χ1) is 17.4. The first-order valence-electron chi connectivity index (χ1n) is 12.8. The average molecular weight is 513 g/mol. The molecule has 1 aromatic carbocycles. The normalized spacial score (nSPS) is 40.5. The molecular formula is C29H31F3N2O3. The molecule has 2 N–H and O–H groups in total. The zero-order valence-electron chi connectivity index (χ0n) is 21.1. The van der Waals surface area contributed by atoms with Crippen LogP contribution >= 0.6 is 0 Å². The van der Waals surface area contributed by atoms with Gasteiger partial charge in [-0.1, -0.05) is 31.2 Å². The van der Waals surface area contributed by atoms with E-state index in [0.717, 1.165) is 11.1 Å². The van der Waals surface area contributed by atoms with Gasteiger partial charge in [0.15, 0.2) is 0 Å². The van der Waals surface area contributed by atoms with E-state index in [-0.39, 0.29) is 24.0 Å². The maximum absolute atomic E-state index is 14.7. The van der Waals surface area contributed by atoms with Crippen LogP contribution in [0.2, 0.25) is 0 Å². The third-order valence-electron chi connectivity index (χ3n) is 9.84. The summed E-state index contributed by atoms with van der Waals surface area (Å²) in [7, 11) is 3.66. The largest absolute Gasteiger partial charge is 0.413 e. The molecular weight excluding hydrogens is 481 g/mol. The number of aliphatic hydroxyl groups is 2. The van der Waals surface area contributed by atoms with E-state index in [1.807, 2.05) is 44.1 Å². The van der Waals surface area contributed by atoms with Gasteiger partial charge in [-0.2, -0.15) is 18.4 Å². The Hall–Kier alpha value is -2.44. The van der Waals surface area contributed by atoms with E-state index in [4.69, 9.17) is 4.74 Å². The predicted molar refractivity (Wildman–Crippen MR) is 131 cm³/mol. The van der Waals surface area contributed by atoms with Crippen molar-refractivity contribution in [3.05, 3.63) is 64.3 Å². The van der Waals surface area contributed by atoms with Gasteiger partial charge in [0, 0.05) is 22.9 Å². The Morgan fingerprint density at radius 3 is 2.46 bits per heavy atom. The van der Waals surface area contributed by atoms with Gasteiger partial charge in [-0.15, -0.1) is 0 Å². The van der Waals surface area contributed by atoms with Crippen LogP contribution in [0, 0.1) is 22.7 Å². The quantitative estimate of drug-likeness (QED) is 0.610. The van der Waals surface area contributed by atoms with Crippen LogP contribution in [0.15, 0.2) is 53.1 Å². The molecule has 6 rings (SSSR count). The third kappa shape index (κ3) is 3.24. The van der Waals surface area contributed by atoms with Crippen LogP contribution in [0.4, 0.5) is 13.2 Å². The number of likely N-dealkylation sites (N-methyl/N-ethyl adjacent to an activating group) is 1. The highest BCUT2D eigenvalue weighted by Crippen LogP contribution is 2.70. The monoisotopic (exact) mass is 512 g/mol. The summed E-state index contributed by atoms with van der Waals surface area (Å²) in [6.07, 6.45) is -1.63. The fourth-order valence-electron chi connectivity index (χ4n) is 8.10. The molecule has 1 saturated heterocycles. The Balaban J connectivity index is 1.52. The van der Waals surface area contributed by atoms with Crippen molar-refractivity contribution in [2.75, 3.05) is 14.1 Å². The summed E-state index contributed by atoms with van der Waals surface area (Å²) < 4.78 is 51.1. The lowest BCUT2D eigenvalue weighted by Crippen LogP contribution is -2.62. The van der Waals surface area contributed by atoms with Crippen LogP contribution in [0.1, 0.15) is 50.2 Å².